The van der Waals surface area contributed by atoms with Crippen LogP contribution in [0.1, 0.15) is 20.7 Å². The van der Waals surface area contributed by atoms with Gasteiger partial charge in [0, 0.05) is 11.1 Å². The van der Waals surface area contributed by atoms with Crippen molar-refractivity contribution in [3.8, 4) is 23.0 Å². The summed E-state index contributed by atoms with van der Waals surface area (Å²) in [7, 11) is 2.93. The highest BCUT2D eigenvalue weighted by molar-refractivity contribution is 5.77. The normalized spacial score (nSPS) is 11.3. The van der Waals surface area contributed by atoms with Crippen molar-refractivity contribution in [2.45, 2.75) is 6.10 Å². The molecule has 2 rings (SSSR count). The van der Waals surface area contributed by atoms with E-state index in [2.05, 4.69) is 0 Å². The number of carbonyl (C=O) groups excluding carboxylic acids is 2. The first-order valence-corrected chi connectivity index (χ1v) is 7.81. The summed E-state index contributed by atoms with van der Waals surface area (Å²) in [6, 6.07) is 9.47. The van der Waals surface area contributed by atoms with Crippen LogP contribution in [0.15, 0.2) is 36.4 Å². The molecule has 0 aliphatic heterocycles. The van der Waals surface area contributed by atoms with E-state index in [1.807, 2.05) is 0 Å². The summed E-state index contributed by atoms with van der Waals surface area (Å²) in [4.78, 5) is 21.7. The van der Waals surface area contributed by atoms with E-state index in [1.54, 1.807) is 36.4 Å². The third-order valence-corrected chi connectivity index (χ3v) is 3.57. The summed E-state index contributed by atoms with van der Waals surface area (Å²) in [6.07, 6.45) is 0.733. The maximum atomic E-state index is 10.8. The number of aldehydes is 2. The predicted octanol–water partition coefficient (Wildman–Crippen LogP) is 2.15. The first-order chi connectivity index (χ1) is 12.6. The molecule has 0 aliphatic rings. The Labute approximate surface area is 151 Å². The quantitative estimate of drug-likeness (QED) is 0.649. The molecule has 1 N–H and O–H groups in total. The van der Waals surface area contributed by atoms with E-state index < -0.39 is 6.10 Å². The molecule has 2 aromatic rings. The number of benzene rings is 2. The first-order valence-electron chi connectivity index (χ1n) is 7.81. The number of methoxy groups -OCH3 is 2. The minimum absolute atomic E-state index is 0.0336. The molecule has 0 fully saturated rings. The molecule has 2 aromatic carbocycles. The summed E-state index contributed by atoms with van der Waals surface area (Å²) in [5, 5.41) is 9.56. The fourth-order valence-corrected chi connectivity index (χ4v) is 2.22. The van der Waals surface area contributed by atoms with Gasteiger partial charge in [-0.25, -0.2) is 0 Å². The highest BCUT2D eigenvalue weighted by Crippen LogP contribution is 2.30. The van der Waals surface area contributed by atoms with Gasteiger partial charge >= 0.3 is 0 Å². The molecule has 0 amide bonds. The van der Waals surface area contributed by atoms with Crippen molar-refractivity contribution in [1.29, 1.82) is 0 Å². The van der Waals surface area contributed by atoms with Crippen molar-refractivity contribution in [1.82, 2.24) is 0 Å². The van der Waals surface area contributed by atoms with Crippen LogP contribution in [0, 0.1) is 0 Å². The van der Waals surface area contributed by atoms with Crippen LogP contribution in [-0.2, 0) is 0 Å². The van der Waals surface area contributed by atoms with Gasteiger partial charge < -0.3 is 24.1 Å². The summed E-state index contributed by atoms with van der Waals surface area (Å²) in [5.74, 6) is 1.58. The number of ether oxygens (including phenoxy) is 4. The molecule has 0 radical (unpaired) electrons. The predicted molar refractivity (Wildman–Crippen MR) is 93.8 cm³/mol. The molecule has 0 saturated carbocycles. The van der Waals surface area contributed by atoms with Gasteiger partial charge in [-0.1, -0.05) is 0 Å². The highest BCUT2D eigenvalue weighted by atomic mass is 16.6. The Morgan fingerprint density at radius 2 is 1.42 bits per heavy atom. The van der Waals surface area contributed by atoms with Crippen LogP contribution in [0.5, 0.6) is 23.0 Å². The fourth-order valence-electron chi connectivity index (χ4n) is 2.22. The molecule has 7 nitrogen and oxygen atoms in total. The maximum absolute atomic E-state index is 10.8. The summed E-state index contributed by atoms with van der Waals surface area (Å²) < 4.78 is 21.8. The van der Waals surface area contributed by atoms with Crippen LogP contribution < -0.4 is 18.9 Å². The van der Waals surface area contributed by atoms with Gasteiger partial charge in [0.25, 0.3) is 0 Å². The van der Waals surface area contributed by atoms with Gasteiger partial charge in [0.15, 0.2) is 29.1 Å². The van der Waals surface area contributed by atoms with E-state index in [0.29, 0.717) is 46.7 Å². The molecule has 0 aliphatic carbocycles. The lowest BCUT2D eigenvalue weighted by Gasteiger charge is -2.20. The van der Waals surface area contributed by atoms with E-state index in [1.165, 1.54) is 14.2 Å². The van der Waals surface area contributed by atoms with Gasteiger partial charge in [0.1, 0.15) is 19.2 Å². The molecule has 1 atom stereocenters. The number of aliphatic hydroxyl groups is 1. The molecule has 1 unspecified atom stereocenters. The molecular weight excluding hydrogens is 340 g/mol. The summed E-state index contributed by atoms with van der Waals surface area (Å²) in [6.45, 7) is -0.265. The summed E-state index contributed by atoms with van der Waals surface area (Å²) >= 11 is 0. The number of hydrogen-bond acceptors (Lipinski definition) is 7. The van der Waals surface area contributed by atoms with Crippen LogP contribution in [0.4, 0.5) is 0 Å². The molecule has 0 saturated heterocycles. The second-order valence-corrected chi connectivity index (χ2v) is 5.29. The third-order valence-electron chi connectivity index (χ3n) is 3.57. The average molecular weight is 360 g/mol. The Balaban J connectivity index is 2.08. The smallest absolute Gasteiger partial charge is 0.161 e. The molecule has 7 heteroatoms. The van der Waals surface area contributed by atoms with Crippen molar-refractivity contribution in [2.24, 2.45) is 0 Å². The average Bonchev–Trinajstić information content (AvgIpc) is 2.70. The lowest BCUT2D eigenvalue weighted by atomic mass is 10.2. The van der Waals surface area contributed by atoms with E-state index in [9.17, 15) is 14.7 Å². The van der Waals surface area contributed by atoms with Gasteiger partial charge in [0.2, 0.25) is 0 Å². The minimum atomic E-state index is -0.679. The molecule has 26 heavy (non-hydrogen) atoms. The van der Waals surface area contributed by atoms with Gasteiger partial charge in [-0.15, -0.1) is 0 Å². The molecular formula is C19H20O7. The first kappa shape index (κ1) is 19.3. The molecule has 0 spiro atoms. The van der Waals surface area contributed by atoms with Crippen LogP contribution >= 0.6 is 0 Å². The highest BCUT2D eigenvalue weighted by Gasteiger charge is 2.16. The van der Waals surface area contributed by atoms with E-state index >= 15 is 0 Å². The second kappa shape index (κ2) is 9.43. The van der Waals surface area contributed by atoms with E-state index in [4.69, 9.17) is 18.9 Å². The number of aliphatic hydroxyl groups excluding tert-OH is 1. The molecule has 0 aromatic heterocycles. The van der Waals surface area contributed by atoms with Gasteiger partial charge in [-0.3, -0.25) is 9.59 Å². The zero-order chi connectivity index (χ0) is 18.9. The third kappa shape index (κ3) is 4.73. The lowest BCUT2D eigenvalue weighted by Crippen LogP contribution is -2.29. The standard InChI is InChI=1S/C19H20O7/c1-23-18-7-13(9-20)3-5-16(18)25-12-15(11-22)26-17-6-4-14(10-21)8-19(17)24-2/h3-10,15,22H,11-12H2,1-2H3. The Bertz CT molecular complexity index is 758. The molecule has 138 valence electrons. The maximum Gasteiger partial charge on any atom is 0.161 e. The minimum Gasteiger partial charge on any atom is -0.493 e. The van der Waals surface area contributed by atoms with Crippen molar-refractivity contribution in [3.63, 3.8) is 0 Å². The Hall–Kier alpha value is -3.06. The van der Waals surface area contributed by atoms with Gasteiger partial charge in [-0.05, 0) is 36.4 Å². The van der Waals surface area contributed by atoms with Crippen molar-refractivity contribution in [2.75, 3.05) is 27.4 Å². The topological polar surface area (TPSA) is 91.3 Å². The lowest BCUT2D eigenvalue weighted by molar-refractivity contribution is 0.0686. The Morgan fingerprint density at radius 1 is 0.885 bits per heavy atom. The Morgan fingerprint density at radius 3 is 1.92 bits per heavy atom. The number of carbonyl (C=O) groups is 2. The molecule has 0 heterocycles. The number of rotatable bonds is 10. The zero-order valence-electron chi connectivity index (χ0n) is 14.5. The SMILES string of the molecule is COc1cc(C=O)ccc1OCC(CO)Oc1ccc(C=O)cc1OC. The number of hydrogen-bond donors (Lipinski definition) is 1. The largest absolute Gasteiger partial charge is 0.493 e. The van der Waals surface area contributed by atoms with E-state index in [0.717, 1.165) is 0 Å². The van der Waals surface area contributed by atoms with Gasteiger partial charge in [0.05, 0.1) is 20.8 Å². The van der Waals surface area contributed by atoms with Crippen molar-refractivity contribution >= 4 is 12.6 Å². The van der Waals surface area contributed by atoms with Crippen LogP contribution in [-0.4, -0.2) is 51.2 Å². The Kier molecular flexibility index (Phi) is 6.99. The van der Waals surface area contributed by atoms with Crippen LogP contribution in [0.3, 0.4) is 0 Å². The zero-order valence-corrected chi connectivity index (χ0v) is 14.5. The summed E-state index contributed by atoms with van der Waals surface area (Å²) in [5.41, 5.74) is 0.912. The van der Waals surface area contributed by atoms with E-state index in [-0.39, 0.29) is 13.2 Å². The van der Waals surface area contributed by atoms with Crippen LogP contribution in [0.2, 0.25) is 0 Å². The van der Waals surface area contributed by atoms with Crippen molar-refractivity contribution in [3.05, 3.63) is 47.5 Å². The monoisotopic (exact) mass is 360 g/mol. The van der Waals surface area contributed by atoms with Gasteiger partial charge in [-0.2, -0.15) is 0 Å². The van der Waals surface area contributed by atoms with Crippen molar-refractivity contribution < 1.29 is 33.6 Å². The molecule has 0 bridgehead atoms. The fraction of sp³-hybridized carbons (Fsp3) is 0.263. The van der Waals surface area contributed by atoms with Crippen LogP contribution in [0.25, 0.3) is 0 Å². The second-order valence-electron chi connectivity index (χ2n) is 5.29.